The van der Waals surface area contributed by atoms with E-state index in [-0.39, 0.29) is 12.8 Å². The minimum Gasteiger partial charge on any atom is -0.480 e. The van der Waals surface area contributed by atoms with Crippen molar-refractivity contribution in [3.05, 3.63) is 18.2 Å². The second-order valence-electron chi connectivity index (χ2n) is 8.15. The number of nitrogens with two attached hydrogens (primary N) is 3. The molecule has 11 N–H and O–H groups in total. The number of imidazole rings is 1. The first-order valence-electron chi connectivity index (χ1n) is 11.4. The van der Waals surface area contributed by atoms with E-state index in [9.17, 15) is 29.1 Å². The van der Waals surface area contributed by atoms with Gasteiger partial charge in [0.2, 0.25) is 23.6 Å². The van der Waals surface area contributed by atoms with Gasteiger partial charge in [-0.2, -0.15) is 11.8 Å². The molecular weight excluding hydrogens is 492 g/mol. The van der Waals surface area contributed by atoms with Crippen molar-refractivity contribution in [3.8, 4) is 0 Å². The average Bonchev–Trinajstić information content (AvgIpc) is 3.33. The van der Waals surface area contributed by atoms with Crippen molar-refractivity contribution >= 4 is 41.4 Å². The third-order valence-electron chi connectivity index (χ3n) is 5.18. The monoisotopic (exact) mass is 528 g/mol. The third kappa shape index (κ3) is 11.5. The average molecular weight is 529 g/mol. The Morgan fingerprint density at radius 1 is 1.03 bits per heavy atom. The number of aliphatic carboxylic acids is 1. The number of nitrogens with zero attached hydrogens (tertiary/aromatic N) is 1. The molecule has 0 aliphatic rings. The molecule has 0 aliphatic heterocycles. The zero-order valence-corrected chi connectivity index (χ0v) is 21.0. The number of aromatic amines is 1. The van der Waals surface area contributed by atoms with Gasteiger partial charge in [0.05, 0.1) is 18.8 Å². The Labute approximate surface area is 213 Å². The van der Waals surface area contributed by atoms with Gasteiger partial charge in [-0.25, -0.2) is 9.78 Å². The Morgan fingerprint density at radius 2 is 1.67 bits per heavy atom. The molecule has 0 bridgehead atoms. The van der Waals surface area contributed by atoms with Gasteiger partial charge in [-0.15, -0.1) is 0 Å². The summed E-state index contributed by atoms with van der Waals surface area (Å²) in [6.07, 6.45) is 5.89. The first-order chi connectivity index (χ1) is 17.1. The Kier molecular flexibility index (Phi) is 14.1. The number of hydrogen-bond donors (Lipinski definition) is 8. The number of amides is 4. The van der Waals surface area contributed by atoms with E-state index in [1.807, 2.05) is 6.26 Å². The quantitative estimate of drug-likeness (QED) is 0.0936. The summed E-state index contributed by atoms with van der Waals surface area (Å²) < 4.78 is 0. The van der Waals surface area contributed by atoms with E-state index in [0.717, 1.165) is 0 Å². The first kappa shape index (κ1) is 30.9. The summed E-state index contributed by atoms with van der Waals surface area (Å²) in [5.41, 5.74) is 17.1. The number of primary amides is 1. The van der Waals surface area contributed by atoms with Crippen molar-refractivity contribution in [3.63, 3.8) is 0 Å². The highest BCUT2D eigenvalue weighted by atomic mass is 32.2. The summed E-state index contributed by atoms with van der Waals surface area (Å²) in [5, 5.41) is 16.8. The molecule has 4 unspecified atom stereocenters. The van der Waals surface area contributed by atoms with Gasteiger partial charge in [-0.3, -0.25) is 19.2 Å². The molecule has 0 saturated carbocycles. The largest absolute Gasteiger partial charge is 0.480 e. The van der Waals surface area contributed by atoms with Gasteiger partial charge >= 0.3 is 5.97 Å². The van der Waals surface area contributed by atoms with E-state index in [1.54, 1.807) is 0 Å². The summed E-state index contributed by atoms with van der Waals surface area (Å²) in [6, 6.07) is -4.69. The van der Waals surface area contributed by atoms with E-state index in [0.29, 0.717) is 37.3 Å². The number of carboxylic acid groups (broad SMARTS) is 1. The minimum atomic E-state index is -1.45. The van der Waals surface area contributed by atoms with E-state index in [4.69, 9.17) is 17.2 Å². The van der Waals surface area contributed by atoms with Crippen molar-refractivity contribution in [2.75, 3.05) is 18.6 Å². The molecule has 14 nitrogen and oxygen atoms in total. The van der Waals surface area contributed by atoms with Gasteiger partial charge in [0, 0.05) is 18.3 Å². The molecular formula is C21H36N8O6S. The number of rotatable bonds is 18. The van der Waals surface area contributed by atoms with E-state index in [1.165, 1.54) is 24.3 Å². The fourth-order valence-corrected chi connectivity index (χ4v) is 3.67. The second kappa shape index (κ2) is 16.5. The summed E-state index contributed by atoms with van der Waals surface area (Å²) in [5.74, 6) is -3.87. The van der Waals surface area contributed by atoms with Crippen LogP contribution in [0, 0.1) is 0 Å². The number of unbranched alkanes of at least 4 members (excludes halogenated alkanes) is 1. The molecule has 0 saturated heterocycles. The van der Waals surface area contributed by atoms with Crippen LogP contribution >= 0.6 is 11.8 Å². The van der Waals surface area contributed by atoms with Crippen molar-refractivity contribution in [1.29, 1.82) is 0 Å². The first-order valence-corrected chi connectivity index (χ1v) is 12.8. The van der Waals surface area contributed by atoms with Crippen LogP contribution in [0.25, 0.3) is 0 Å². The standard InChI is InChI=1S/C21H36N8O6S/c1-36-7-5-14(27-18(31)13(23)4-2-3-6-22)19(32)28-15(9-17(24)30)20(33)29-16(21(34)35)8-12-10-25-11-26-12/h10-11,13-16H,2-9,22-23H2,1H3,(H2,24,30)(H,25,26)(H,27,31)(H,28,32)(H,29,33)(H,34,35). The van der Waals surface area contributed by atoms with Gasteiger partial charge in [0.25, 0.3) is 0 Å². The Balaban J connectivity index is 2.92. The molecule has 1 heterocycles. The summed E-state index contributed by atoms with van der Waals surface area (Å²) in [4.78, 5) is 68.1. The maximum Gasteiger partial charge on any atom is 0.326 e. The van der Waals surface area contributed by atoms with Gasteiger partial charge in [-0.05, 0) is 37.8 Å². The molecule has 1 aromatic heterocycles. The minimum absolute atomic E-state index is 0.104. The summed E-state index contributed by atoms with van der Waals surface area (Å²) in [6.45, 7) is 0.473. The van der Waals surface area contributed by atoms with Crippen LogP contribution in [0.5, 0.6) is 0 Å². The zero-order valence-electron chi connectivity index (χ0n) is 20.2. The van der Waals surface area contributed by atoms with Crippen LogP contribution in [-0.4, -0.2) is 87.4 Å². The van der Waals surface area contributed by atoms with Crippen molar-refractivity contribution in [2.24, 2.45) is 17.2 Å². The highest BCUT2D eigenvalue weighted by molar-refractivity contribution is 7.98. The van der Waals surface area contributed by atoms with Crippen LogP contribution in [-0.2, 0) is 30.4 Å². The number of thioether (sulfide) groups is 1. The third-order valence-corrected chi connectivity index (χ3v) is 5.83. The predicted octanol–water partition coefficient (Wildman–Crippen LogP) is -2.42. The van der Waals surface area contributed by atoms with E-state index < -0.39 is 60.2 Å². The number of nitrogens with one attached hydrogen (secondary N) is 4. The SMILES string of the molecule is CSCCC(NC(=O)C(N)CCCCN)C(=O)NC(CC(N)=O)C(=O)NC(Cc1cnc[nH]1)C(=O)O. The normalized spacial score (nSPS) is 14.2. The lowest BCUT2D eigenvalue weighted by Gasteiger charge is -2.24. The molecule has 0 aliphatic carbocycles. The fraction of sp³-hybridized carbons (Fsp3) is 0.619. The fourth-order valence-electron chi connectivity index (χ4n) is 3.19. The number of hydrogen-bond acceptors (Lipinski definition) is 9. The lowest BCUT2D eigenvalue weighted by molar-refractivity contribution is -0.142. The van der Waals surface area contributed by atoms with Gasteiger partial charge < -0.3 is 43.2 Å². The van der Waals surface area contributed by atoms with Crippen molar-refractivity contribution in [2.45, 2.75) is 62.7 Å². The number of carboxylic acids is 1. The molecule has 0 fully saturated rings. The van der Waals surface area contributed by atoms with Crippen LogP contribution in [0.4, 0.5) is 0 Å². The van der Waals surface area contributed by atoms with E-state index >= 15 is 0 Å². The molecule has 0 radical (unpaired) electrons. The van der Waals surface area contributed by atoms with Gasteiger partial charge in [-0.1, -0.05) is 6.42 Å². The number of H-pyrrole nitrogens is 1. The Bertz CT molecular complexity index is 869. The molecule has 0 aromatic carbocycles. The number of aromatic nitrogens is 2. The maximum absolute atomic E-state index is 13.0. The number of carbonyl (C=O) groups excluding carboxylic acids is 4. The van der Waals surface area contributed by atoms with Crippen LogP contribution in [0.15, 0.2) is 12.5 Å². The predicted molar refractivity (Wildman–Crippen MR) is 133 cm³/mol. The lowest BCUT2D eigenvalue weighted by atomic mass is 10.1. The summed E-state index contributed by atoms with van der Waals surface area (Å²) >= 11 is 1.45. The topological polar surface area (TPSA) is 248 Å². The van der Waals surface area contributed by atoms with Crippen LogP contribution < -0.4 is 33.2 Å². The smallest absolute Gasteiger partial charge is 0.326 e. The Hall–Kier alpha value is -3.17. The maximum atomic E-state index is 13.0. The molecule has 4 atom stereocenters. The molecule has 0 spiro atoms. The van der Waals surface area contributed by atoms with Crippen LogP contribution in [0.3, 0.4) is 0 Å². The molecule has 1 rings (SSSR count). The molecule has 4 amide bonds. The highest BCUT2D eigenvalue weighted by Gasteiger charge is 2.31. The summed E-state index contributed by atoms with van der Waals surface area (Å²) in [7, 11) is 0. The van der Waals surface area contributed by atoms with Gasteiger partial charge in [0.15, 0.2) is 0 Å². The van der Waals surface area contributed by atoms with Crippen LogP contribution in [0.2, 0.25) is 0 Å². The molecule has 36 heavy (non-hydrogen) atoms. The molecule has 1 aromatic rings. The highest BCUT2D eigenvalue weighted by Crippen LogP contribution is 2.06. The molecule has 15 heteroatoms. The van der Waals surface area contributed by atoms with Gasteiger partial charge in [0.1, 0.15) is 18.1 Å². The lowest BCUT2D eigenvalue weighted by Crippen LogP contribution is -2.58. The number of carbonyl (C=O) groups is 5. The van der Waals surface area contributed by atoms with Crippen molar-refractivity contribution in [1.82, 2.24) is 25.9 Å². The van der Waals surface area contributed by atoms with E-state index in [2.05, 4.69) is 25.9 Å². The van der Waals surface area contributed by atoms with Crippen molar-refractivity contribution < 1.29 is 29.1 Å². The Morgan fingerprint density at radius 3 is 2.22 bits per heavy atom. The van der Waals surface area contributed by atoms with Crippen LogP contribution in [0.1, 0.15) is 37.8 Å². The second-order valence-corrected chi connectivity index (χ2v) is 9.13. The molecule has 202 valence electrons. The zero-order chi connectivity index (χ0) is 27.1.